The van der Waals surface area contributed by atoms with Crippen LogP contribution in [0.1, 0.15) is 26.7 Å². The summed E-state index contributed by atoms with van der Waals surface area (Å²) < 4.78 is 6.08. The van der Waals surface area contributed by atoms with Crippen LogP contribution < -0.4 is 0 Å². The first-order valence-corrected chi connectivity index (χ1v) is 6.94. The molecule has 0 bridgehead atoms. The second-order valence-electron chi connectivity index (χ2n) is 1.92. The number of hydrogen-bond acceptors (Lipinski definition) is 2. The molecule has 0 aromatic heterocycles. The van der Waals surface area contributed by atoms with Crippen molar-refractivity contribution in [3.63, 3.8) is 0 Å². The Balaban J connectivity index is 2.83. The second kappa shape index (κ2) is 6.39. The van der Waals surface area contributed by atoms with Gasteiger partial charge in [-0.3, -0.25) is 0 Å². The molecule has 0 saturated carbocycles. The van der Waals surface area contributed by atoms with Crippen LogP contribution >= 0.6 is 0 Å². The van der Waals surface area contributed by atoms with E-state index < -0.39 is 21.6 Å². The van der Waals surface area contributed by atoms with Crippen LogP contribution in [0.25, 0.3) is 0 Å². The van der Waals surface area contributed by atoms with Gasteiger partial charge in [-0.05, 0) is 0 Å². The van der Waals surface area contributed by atoms with E-state index in [0.717, 1.165) is 0 Å². The topological polar surface area (TPSA) is 26.3 Å². The zero-order valence-electron chi connectivity index (χ0n) is 6.02. The van der Waals surface area contributed by atoms with Crippen molar-refractivity contribution in [3.8, 4) is 0 Å². The van der Waals surface area contributed by atoms with Crippen molar-refractivity contribution >= 4 is 27.5 Å². The Hall–Kier alpha value is 0.269. The third kappa shape index (κ3) is 8.27. The zero-order chi connectivity index (χ0) is 7.11. The molecule has 0 rings (SSSR count). The number of carbonyl (C=O) groups excluding carboxylic acids is 1. The van der Waals surface area contributed by atoms with Gasteiger partial charge in [-0.25, -0.2) is 0 Å². The van der Waals surface area contributed by atoms with Crippen molar-refractivity contribution in [3.05, 3.63) is 0 Å². The summed E-state index contributed by atoms with van der Waals surface area (Å²) >= 11 is -0.895. The van der Waals surface area contributed by atoms with Gasteiger partial charge < -0.3 is 0 Å². The standard InChI is InChI=1S/C4H9.C2H4O2.Sn.H/c1-3-4-2;1-2(3)4;;/h1,3-4H2,2H3;1H3,(H,3,4);;/q;;+1;/p-1. The van der Waals surface area contributed by atoms with E-state index in [9.17, 15) is 4.79 Å². The molecule has 0 N–H and O–H groups in total. The summed E-state index contributed by atoms with van der Waals surface area (Å²) in [6.07, 6.45) is 2.45. The summed E-state index contributed by atoms with van der Waals surface area (Å²) in [4.78, 5) is 10.2. The van der Waals surface area contributed by atoms with Crippen LogP contribution in [0.15, 0.2) is 0 Å². The van der Waals surface area contributed by atoms with Crippen LogP contribution in [0.5, 0.6) is 0 Å². The van der Waals surface area contributed by atoms with E-state index in [1.165, 1.54) is 24.2 Å². The molecule has 0 aromatic rings. The molecule has 0 heterocycles. The average molecular weight is 236 g/mol. The number of unbranched alkanes of at least 4 members (excludes halogenated alkanes) is 1. The third-order valence-electron chi connectivity index (χ3n) is 0.925. The van der Waals surface area contributed by atoms with E-state index in [1.807, 2.05) is 0 Å². The predicted molar refractivity (Wildman–Crippen MR) is 38.6 cm³/mol. The zero-order valence-corrected chi connectivity index (χ0v) is 9.31. The Morgan fingerprint density at radius 3 is 2.78 bits per heavy atom. The fraction of sp³-hybridized carbons (Fsp3) is 0.833. The summed E-state index contributed by atoms with van der Waals surface area (Å²) in [5.74, 6) is -0.0905. The van der Waals surface area contributed by atoms with Gasteiger partial charge in [-0.15, -0.1) is 0 Å². The average Bonchev–Trinajstić information content (AvgIpc) is 1.80. The molecule has 0 amide bonds. The molecule has 3 heteroatoms. The van der Waals surface area contributed by atoms with E-state index in [0.29, 0.717) is 0 Å². The van der Waals surface area contributed by atoms with Gasteiger partial charge in [0.1, 0.15) is 0 Å². The van der Waals surface area contributed by atoms with Gasteiger partial charge >= 0.3 is 66.5 Å². The predicted octanol–water partition coefficient (Wildman–Crippen LogP) is 1.12. The van der Waals surface area contributed by atoms with E-state index in [-0.39, 0.29) is 5.97 Å². The molecule has 0 aliphatic carbocycles. The van der Waals surface area contributed by atoms with Gasteiger partial charge in [0.2, 0.25) is 0 Å². The Morgan fingerprint density at radius 1 is 1.67 bits per heavy atom. The normalized spacial score (nSPS) is 9.11. The molecule has 9 heavy (non-hydrogen) atoms. The molecule has 0 aliphatic heterocycles. The number of hydrogen-bond donors (Lipinski definition) is 0. The number of rotatable bonds is 4. The maximum absolute atomic E-state index is 10.2. The van der Waals surface area contributed by atoms with Crippen molar-refractivity contribution in [2.24, 2.45) is 0 Å². The van der Waals surface area contributed by atoms with Crippen molar-refractivity contribution < 1.29 is 7.87 Å². The van der Waals surface area contributed by atoms with Crippen LogP contribution in [0.4, 0.5) is 0 Å². The van der Waals surface area contributed by atoms with E-state index in [4.69, 9.17) is 3.07 Å². The van der Waals surface area contributed by atoms with Crippen LogP contribution in [0, 0.1) is 0 Å². The molecule has 2 nitrogen and oxygen atoms in total. The summed E-state index contributed by atoms with van der Waals surface area (Å²) in [7, 11) is 0. The Morgan fingerprint density at radius 2 is 2.33 bits per heavy atom. The molecule has 0 unspecified atom stereocenters. The van der Waals surface area contributed by atoms with Gasteiger partial charge in [0.25, 0.3) is 0 Å². The Bertz CT molecular complexity index is 83.1. The molecule has 1 radical (unpaired) electrons. The molecule has 0 fully saturated rings. The first kappa shape index (κ1) is 9.27. The van der Waals surface area contributed by atoms with Gasteiger partial charge in [0.05, 0.1) is 0 Å². The van der Waals surface area contributed by atoms with Crippen LogP contribution in [-0.4, -0.2) is 27.5 Å². The SMILES string of the molecule is CCC[CH2][SnH][O]C(C)=O. The molecule has 0 spiro atoms. The first-order valence-electron chi connectivity index (χ1n) is 3.26. The van der Waals surface area contributed by atoms with E-state index >= 15 is 0 Å². The van der Waals surface area contributed by atoms with E-state index in [2.05, 4.69) is 6.92 Å². The van der Waals surface area contributed by atoms with Crippen LogP contribution in [-0.2, 0) is 7.87 Å². The number of carbonyl (C=O) groups is 1. The van der Waals surface area contributed by atoms with Crippen molar-refractivity contribution in [1.82, 2.24) is 0 Å². The second-order valence-corrected chi connectivity index (χ2v) is 5.19. The molecule has 0 atom stereocenters. The van der Waals surface area contributed by atoms with Crippen LogP contribution in [0.2, 0.25) is 4.44 Å². The summed E-state index contributed by atoms with van der Waals surface area (Å²) in [6.45, 7) is 3.63. The van der Waals surface area contributed by atoms with Gasteiger partial charge in [0, 0.05) is 0 Å². The minimum atomic E-state index is -0.895. The third-order valence-corrected chi connectivity index (χ3v) is 4.19. The van der Waals surface area contributed by atoms with Crippen molar-refractivity contribution in [2.45, 2.75) is 31.1 Å². The van der Waals surface area contributed by atoms with Crippen molar-refractivity contribution in [1.29, 1.82) is 0 Å². The molecule has 0 saturated heterocycles. The summed E-state index contributed by atoms with van der Waals surface area (Å²) in [5, 5.41) is 0. The molecule has 0 aromatic carbocycles. The monoisotopic (exact) mass is 237 g/mol. The summed E-state index contributed by atoms with van der Waals surface area (Å²) in [6, 6.07) is 0. The Labute approximate surface area is 66.7 Å². The molecular formula is C6H13O2Sn. The fourth-order valence-electron chi connectivity index (χ4n) is 0.464. The molecule has 53 valence electrons. The molecule has 0 aliphatic rings. The van der Waals surface area contributed by atoms with Gasteiger partial charge in [-0.1, -0.05) is 0 Å². The quantitative estimate of drug-likeness (QED) is 0.540. The van der Waals surface area contributed by atoms with Crippen molar-refractivity contribution in [2.75, 3.05) is 0 Å². The first-order chi connectivity index (χ1) is 4.27. The van der Waals surface area contributed by atoms with Gasteiger partial charge in [-0.2, -0.15) is 0 Å². The minimum absolute atomic E-state index is 0.0905. The molecular weight excluding hydrogens is 223 g/mol. The fourth-order valence-corrected chi connectivity index (χ4v) is 3.11. The maximum atomic E-state index is 10.2. The Kier molecular flexibility index (Phi) is 6.58. The van der Waals surface area contributed by atoms with Crippen LogP contribution in [0.3, 0.4) is 0 Å². The van der Waals surface area contributed by atoms with Gasteiger partial charge in [0.15, 0.2) is 0 Å². The summed E-state index contributed by atoms with van der Waals surface area (Å²) in [5.41, 5.74) is 0. The van der Waals surface area contributed by atoms with E-state index in [1.54, 1.807) is 0 Å².